The summed E-state index contributed by atoms with van der Waals surface area (Å²) in [6, 6.07) is 3.41. The summed E-state index contributed by atoms with van der Waals surface area (Å²) >= 11 is 0. The third-order valence-corrected chi connectivity index (χ3v) is 6.84. The highest BCUT2D eigenvalue weighted by Gasteiger charge is 2.33. The minimum absolute atomic E-state index is 0.227. The predicted molar refractivity (Wildman–Crippen MR) is 148 cm³/mol. The van der Waals surface area contributed by atoms with E-state index in [1.54, 1.807) is 38.6 Å². The van der Waals surface area contributed by atoms with Crippen LogP contribution in [0.15, 0.2) is 43.7 Å². The summed E-state index contributed by atoms with van der Waals surface area (Å²) in [7, 11) is 5.98. The maximum Gasteiger partial charge on any atom is 0.332 e. The number of aromatic nitrogens is 6. The Morgan fingerprint density at radius 1 is 0.789 bits per heavy atom. The van der Waals surface area contributed by atoms with Crippen LogP contribution in [0.25, 0.3) is 22.1 Å². The Morgan fingerprint density at radius 2 is 1.21 bits per heavy atom. The minimum atomic E-state index is -0.698. The van der Waals surface area contributed by atoms with Crippen LogP contribution in [-0.4, -0.2) is 46.9 Å². The summed E-state index contributed by atoms with van der Waals surface area (Å²) in [5, 5.41) is 3.96. The first-order valence-corrected chi connectivity index (χ1v) is 12.4. The molecule has 0 aliphatic rings. The van der Waals surface area contributed by atoms with Crippen molar-refractivity contribution >= 4 is 33.4 Å². The number of aryl methyl sites for hydroxylation is 2. The number of nitrogens with zero attached hydrogens (tertiary/aromatic N) is 7. The first-order valence-electron chi connectivity index (χ1n) is 12.4. The van der Waals surface area contributed by atoms with E-state index in [4.69, 9.17) is 0 Å². The van der Waals surface area contributed by atoms with Gasteiger partial charge in [-0.15, -0.1) is 0 Å². The van der Waals surface area contributed by atoms with E-state index in [1.165, 1.54) is 23.2 Å². The van der Waals surface area contributed by atoms with Crippen LogP contribution >= 0.6 is 0 Å². The van der Waals surface area contributed by atoms with E-state index in [9.17, 15) is 19.2 Å². The van der Waals surface area contributed by atoms with Gasteiger partial charge in [0.2, 0.25) is 0 Å². The molecule has 202 valence electrons. The molecule has 0 saturated heterocycles. The molecule has 4 heterocycles. The largest absolute Gasteiger partial charge is 0.333 e. The second kappa shape index (κ2) is 9.67. The average Bonchev–Trinajstić information content (AvgIpc) is 2.87. The molecule has 0 spiro atoms. The van der Waals surface area contributed by atoms with Crippen molar-refractivity contribution in [2.24, 2.45) is 34.1 Å². The van der Waals surface area contributed by atoms with Crippen molar-refractivity contribution < 1.29 is 0 Å². The number of pyridine rings is 2. The standard InChI is InChI=1S/C26H34N8O4/c1-15(2)13-27-14-26(3,4)34(16-9-11-28-20-18(16)22(35)32(7)24(37)30(20)5)17-10-12-29-21-19(17)23(36)33(8)25(38)31(21)6/h9-12,15,27H,13-14H2,1-8H3. The number of rotatable bonds is 7. The van der Waals surface area contributed by atoms with Crippen molar-refractivity contribution in [3.05, 3.63) is 66.2 Å². The molecule has 12 nitrogen and oxygen atoms in total. The molecule has 38 heavy (non-hydrogen) atoms. The zero-order valence-corrected chi connectivity index (χ0v) is 23.1. The van der Waals surface area contributed by atoms with Gasteiger partial charge in [0.25, 0.3) is 11.1 Å². The van der Waals surface area contributed by atoms with E-state index in [0.717, 1.165) is 15.7 Å². The van der Waals surface area contributed by atoms with Crippen LogP contribution in [0, 0.1) is 5.92 Å². The molecule has 0 unspecified atom stereocenters. The Hall–Kier alpha value is -4.06. The highest BCUT2D eigenvalue weighted by atomic mass is 16.2. The fourth-order valence-electron chi connectivity index (χ4n) is 4.84. The van der Waals surface area contributed by atoms with Crippen LogP contribution in [0.1, 0.15) is 27.7 Å². The number of anilines is 2. The smallest absolute Gasteiger partial charge is 0.332 e. The molecular weight excluding hydrogens is 488 g/mol. The Morgan fingerprint density at radius 3 is 1.61 bits per heavy atom. The molecule has 0 amide bonds. The molecule has 0 saturated carbocycles. The van der Waals surface area contributed by atoms with Crippen LogP contribution in [0.3, 0.4) is 0 Å². The molecule has 0 fully saturated rings. The second-order valence-corrected chi connectivity index (χ2v) is 10.6. The molecule has 12 heteroatoms. The zero-order valence-electron chi connectivity index (χ0n) is 23.1. The normalized spacial score (nSPS) is 12.1. The Labute approximate surface area is 218 Å². The van der Waals surface area contributed by atoms with Crippen molar-refractivity contribution in [2.75, 3.05) is 18.0 Å². The van der Waals surface area contributed by atoms with Gasteiger partial charge in [-0.1, -0.05) is 13.8 Å². The van der Waals surface area contributed by atoms with E-state index >= 15 is 0 Å². The Balaban J connectivity index is 2.16. The quantitative estimate of drug-likeness (QED) is 0.376. The number of hydrogen-bond acceptors (Lipinski definition) is 8. The van der Waals surface area contributed by atoms with Gasteiger partial charge >= 0.3 is 11.4 Å². The molecule has 0 aliphatic carbocycles. The van der Waals surface area contributed by atoms with Crippen molar-refractivity contribution in [3.63, 3.8) is 0 Å². The van der Waals surface area contributed by atoms with Crippen LogP contribution < -0.4 is 32.7 Å². The molecule has 0 atom stereocenters. The van der Waals surface area contributed by atoms with Gasteiger partial charge in [0.15, 0.2) is 11.3 Å². The van der Waals surface area contributed by atoms with E-state index in [2.05, 4.69) is 29.1 Å². The van der Waals surface area contributed by atoms with Crippen molar-refractivity contribution in [1.82, 2.24) is 33.6 Å². The van der Waals surface area contributed by atoms with Gasteiger partial charge in [-0.05, 0) is 38.4 Å². The SMILES string of the molecule is CC(C)CNCC(C)(C)N(c1ccnc2c1c(=O)n(C)c(=O)n2C)c1ccnc2c1c(=O)n(C)c(=O)n2C. The lowest BCUT2D eigenvalue weighted by Gasteiger charge is -2.41. The topological polar surface area (TPSA) is 129 Å². The molecule has 0 aliphatic heterocycles. The Kier molecular flexibility index (Phi) is 6.87. The van der Waals surface area contributed by atoms with E-state index < -0.39 is 28.0 Å². The molecule has 4 aromatic heterocycles. The van der Waals surface area contributed by atoms with Gasteiger partial charge in [-0.3, -0.25) is 27.9 Å². The first-order chi connectivity index (χ1) is 17.8. The molecule has 1 N–H and O–H groups in total. The fraction of sp³-hybridized carbons (Fsp3) is 0.462. The van der Waals surface area contributed by atoms with Gasteiger partial charge in [0.05, 0.1) is 16.9 Å². The number of nitrogens with one attached hydrogen (secondary N) is 1. The summed E-state index contributed by atoms with van der Waals surface area (Å²) in [4.78, 5) is 63.0. The van der Waals surface area contributed by atoms with Crippen LogP contribution in [0.5, 0.6) is 0 Å². The third kappa shape index (κ3) is 4.24. The first kappa shape index (κ1) is 27.0. The third-order valence-electron chi connectivity index (χ3n) is 6.84. The van der Waals surface area contributed by atoms with Crippen LogP contribution in [0.4, 0.5) is 11.4 Å². The summed E-state index contributed by atoms with van der Waals surface area (Å²) in [6.07, 6.45) is 3.08. The van der Waals surface area contributed by atoms with E-state index in [-0.39, 0.29) is 22.1 Å². The zero-order chi connectivity index (χ0) is 28.1. The van der Waals surface area contributed by atoms with Gasteiger partial charge in [-0.25, -0.2) is 19.6 Å². The fourth-order valence-corrected chi connectivity index (χ4v) is 4.84. The highest BCUT2D eigenvalue weighted by molar-refractivity contribution is 5.98. The minimum Gasteiger partial charge on any atom is -0.333 e. The monoisotopic (exact) mass is 522 g/mol. The van der Waals surface area contributed by atoms with E-state index in [1.807, 2.05) is 18.7 Å². The predicted octanol–water partition coefficient (Wildman–Crippen LogP) is 0.740. The average molecular weight is 523 g/mol. The number of fused-ring (bicyclic) bond motifs is 2. The molecule has 0 radical (unpaired) electrons. The Bertz CT molecular complexity index is 1670. The van der Waals surface area contributed by atoms with Gasteiger partial charge in [-0.2, -0.15) is 0 Å². The molecule has 0 bridgehead atoms. The molecular formula is C26H34N8O4. The van der Waals surface area contributed by atoms with Gasteiger partial charge in [0, 0.05) is 47.1 Å². The van der Waals surface area contributed by atoms with Gasteiger partial charge in [0.1, 0.15) is 10.8 Å². The lowest BCUT2D eigenvalue weighted by atomic mass is 9.98. The molecule has 4 rings (SSSR count). The second-order valence-electron chi connectivity index (χ2n) is 10.6. The van der Waals surface area contributed by atoms with Crippen molar-refractivity contribution in [1.29, 1.82) is 0 Å². The van der Waals surface area contributed by atoms with Crippen LogP contribution in [-0.2, 0) is 28.2 Å². The summed E-state index contributed by atoms with van der Waals surface area (Å²) < 4.78 is 4.75. The van der Waals surface area contributed by atoms with Crippen LogP contribution in [0.2, 0.25) is 0 Å². The number of hydrogen-bond donors (Lipinski definition) is 1. The lowest BCUT2D eigenvalue weighted by Crippen LogP contribution is -2.50. The summed E-state index contributed by atoms with van der Waals surface area (Å²) in [5.74, 6) is 0.409. The maximum atomic E-state index is 13.5. The summed E-state index contributed by atoms with van der Waals surface area (Å²) in [5.41, 5.74) is -1.27. The summed E-state index contributed by atoms with van der Waals surface area (Å²) in [6.45, 7) is 9.47. The van der Waals surface area contributed by atoms with Crippen molar-refractivity contribution in [3.8, 4) is 0 Å². The lowest BCUT2D eigenvalue weighted by molar-refractivity contribution is 0.436. The van der Waals surface area contributed by atoms with Gasteiger partial charge < -0.3 is 10.2 Å². The highest BCUT2D eigenvalue weighted by Crippen LogP contribution is 2.38. The molecule has 4 aromatic rings. The maximum absolute atomic E-state index is 13.5. The van der Waals surface area contributed by atoms with E-state index in [0.29, 0.717) is 23.8 Å². The van der Waals surface area contributed by atoms with Crippen molar-refractivity contribution in [2.45, 2.75) is 33.2 Å². The molecule has 0 aromatic carbocycles.